The molecule has 28 heavy (non-hydrogen) atoms. The molecule has 0 fully saturated rings. The topological polar surface area (TPSA) is 66.9 Å². The van der Waals surface area contributed by atoms with Gasteiger partial charge in [-0.3, -0.25) is 4.79 Å². The number of hydrogen-bond donors (Lipinski definition) is 2. The van der Waals surface area contributed by atoms with E-state index in [-0.39, 0.29) is 11.6 Å². The van der Waals surface area contributed by atoms with E-state index >= 15 is 0 Å². The number of nitrogens with zero attached hydrogens (tertiary/aromatic N) is 2. The van der Waals surface area contributed by atoms with E-state index < -0.39 is 11.6 Å². The van der Waals surface area contributed by atoms with Gasteiger partial charge in [-0.25, -0.2) is 18.7 Å². The van der Waals surface area contributed by atoms with Crippen LogP contribution in [0.3, 0.4) is 0 Å². The lowest BCUT2D eigenvalue weighted by atomic mass is 10.2. The molecule has 144 valence electrons. The number of benzene rings is 2. The maximum absolute atomic E-state index is 13.5. The zero-order valence-electron chi connectivity index (χ0n) is 15.5. The Hall–Kier alpha value is -3.35. The van der Waals surface area contributed by atoms with E-state index in [0.29, 0.717) is 29.8 Å². The number of aromatic nitrogens is 2. The molecule has 0 aliphatic carbocycles. The average Bonchev–Trinajstić information content (AvgIpc) is 2.69. The fourth-order valence-corrected chi connectivity index (χ4v) is 2.45. The Morgan fingerprint density at radius 3 is 2.43 bits per heavy atom. The number of amides is 1. The lowest BCUT2D eigenvalue weighted by Gasteiger charge is -2.12. The van der Waals surface area contributed by atoms with Gasteiger partial charge >= 0.3 is 0 Å². The van der Waals surface area contributed by atoms with E-state index in [1.54, 1.807) is 0 Å². The smallest absolute Gasteiger partial charge is 0.270 e. The highest BCUT2D eigenvalue weighted by atomic mass is 19.2. The number of carbonyl (C=O) groups excluding carboxylic acids is 1. The Morgan fingerprint density at radius 1 is 1.00 bits per heavy atom. The van der Waals surface area contributed by atoms with Gasteiger partial charge < -0.3 is 10.6 Å². The first-order valence-corrected chi connectivity index (χ1v) is 8.87. The summed E-state index contributed by atoms with van der Waals surface area (Å²) in [7, 11) is 0. The van der Waals surface area contributed by atoms with Crippen LogP contribution in [0, 0.1) is 17.6 Å². The van der Waals surface area contributed by atoms with Crippen LogP contribution >= 0.6 is 0 Å². The lowest BCUT2D eigenvalue weighted by Crippen LogP contribution is -2.28. The Bertz CT molecular complexity index is 977. The van der Waals surface area contributed by atoms with Gasteiger partial charge in [0.1, 0.15) is 11.5 Å². The van der Waals surface area contributed by atoms with Crippen LogP contribution in [0.5, 0.6) is 0 Å². The Labute approximate surface area is 161 Å². The van der Waals surface area contributed by atoms with Gasteiger partial charge in [0.15, 0.2) is 17.5 Å². The molecule has 0 saturated heterocycles. The van der Waals surface area contributed by atoms with Gasteiger partial charge in [0.25, 0.3) is 5.91 Å². The molecule has 3 rings (SSSR count). The molecule has 2 N–H and O–H groups in total. The number of halogens is 2. The summed E-state index contributed by atoms with van der Waals surface area (Å²) in [6, 6.07) is 14.1. The van der Waals surface area contributed by atoms with Gasteiger partial charge in [0.05, 0.1) is 0 Å². The average molecular weight is 382 g/mol. The molecule has 0 unspecified atom stereocenters. The van der Waals surface area contributed by atoms with Crippen molar-refractivity contribution in [3.05, 3.63) is 71.9 Å². The zero-order chi connectivity index (χ0) is 20.1. The van der Waals surface area contributed by atoms with Crippen molar-refractivity contribution in [2.45, 2.75) is 13.8 Å². The Kier molecular flexibility index (Phi) is 5.93. The van der Waals surface area contributed by atoms with Gasteiger partial charge in [0.2, 0.25) is 0 Å². The van der Waals surface area contributed by atoms with Crippen molar-refractivity contribution in [2.75, 3.05) is 11.9 Å². The third kappa shape index (κ3) is 4.88. The van der Waals surface area contributed by atoms with Crippen molar-refractivity contribution in [3.8, 4) is 11.4 Å². The van der Waals surface area contributed by atoms with Crippen molar-refractivity contribution in [1.82, 2.24) is 15.3 Å². The van der Waals surface area contributed by atoms with Crippen molar-refractivity contribution in [1.29, 1.82) is 0 Å². The first-order chi connectivity index (χ1) is 13.4. The van der Waals surface area contributed by atoms with Gasteiger partial charge in [-0.1, -0.05) is 44.2 Å². The summed E-state index contributed by atoms with van der Waals surface area (Å²) < 4.78 is 26.7. The summed E-state index contributed by atoms with van der Waals surface area (Å²) in [4.78, 5) is 21.3. The predicted molar refractivity (Wildman–Crippen MR) is 104 cm³/mol. The van der Waals surface area contributed by atoms with Crippen LogP contribution in [0.25, 0.3) is 11.4 Å². The molecule has 0 saturated carbocycles. The lowest BCUT2D eigenvalue weighted by molar-refractivity contribution is 0.0944. The number of hydrogen-bond acceptors (Lipinski definition) is 4. The molecule has 2 aromatic carbocycles. The Morgan fingerprint density at radius 2 is 1.75 bits per heavy atom. The summed E-state index contributed by atoms with van der Waals surface area (Å²) in [6.45, 7) is 4.49. The van der Waals surface area contributed by atoms with Crippen molar-refractivity contribution in [3.63, 3.8) is 0 Å². The molecule has 0 radical (unpaired) electrons. The molecular formula is C21H20F2N4O. The summed E-state index contributed by atoms with van der Waals surface area (Å²) in [5.41, 5.74) is 1.22. The van der Waals surface area contributed by atoms with Crippen LogP contribution in [-0.2, 0) is 0 Å². The van der Waals surface area contributed by atoms with Crippen molar-refractivity contribution < 1.29 is 13.6 Å². The molecular weight excluding hydrogens is 362 g/mol. The molecule has 1 heterocycles. The fourth-order valence-electron chi connectivity index (χ4n) is 2.45. The third-order valence-corrected chi connectivity index (χ3v) is 3.85. The first-order valence-electron chi connectivity index (χ1n) is 8.87. The molecule has 7 heteroatoms. The van der Waals surface area contributed by atoms with Crippen LogP contribution < -0.4 is 10.6 Å². The zero-order valence-corrected chi connectivity index (χ0v) is 15.5. The molecule has 5 nitrogen and oxygen atoms in total. The van der Waals surface area contributed by atoms with Gasteiger partial charge in [-0.15, -0.1) is 0 Å². The second-order valence-corrected chi connectivity index (χ2v) is 6.69. The molecule has 0 aliphatic rings. The number of nitrogens with one attached hydrogen (secondary N) is 2. The maximum atomic E-state index is 13.5. The van der Waals surface area contributed by atoms with Gasteiger partial charge in [0, 0.05) is 29.9 Å². The standard InChI is InChI=1S/C21H20F2N4O/c1-13(2)12-24-21(28)18-11-19(25-15-8-9-16(22)17(23)10-15)27-20(26-18)14-6-4-3-5-7-14/h3-11,13H,12H2,1-2H3,(H,24,28)(H,25,26,27). The maximum Gasteiger partial charge on any atom is 0.270 e. The highest BCUT2D eigenvalue weighted by molar-refractivity contribution is 5.93. The Balaban J connectivity index is 1.96. The molecule has 1 amide bonds. The van der Waals surface area contributed by atoms with Crippen LogP contribution in [-0.4, -0.2) is 22.4 Å². The van der Waals surface area contributed by atoms with Crippen LogP contribution in [0.4, 0.5) is 20.3 Å². The van der Waals surface area contributed by atoms with E-state index in [0.717, 1.165) is 17.7 Å². The van der Waals surface area contributed by atoms with Crippen LogP contribution in [0.15, 0.2) is 54.6 Å². The molecule has 0 aliphatic heterocycles. The summed E-state index contributed by atoms with van der Waals surface area (Å²) in [5.74, 6) is -1.30. The highest BCUT2D eigenvalue weighted by Crippen LogP contribution is 2.22. The van der Waals surface area contributed by atoms with E-state index in [9.17, 15) is 13.6 Å². The number of rotatable bonds is 6. The summed E-state index contributed by atoms with van der Waals surface area (Å²) in [5, 5.41) is 5.72. The SMILES string of the molecule is CC(C)CNC(=O)c1cc(Nc2ccc(F)c(F)c2)nc(-c2ccccc2)n1. The largest absolute Gasteiger partial charge is 0.350 e. The molecule has 0 spiro atoms. The third-order valence-electron chi connectivity index (χ3n) is 3.85. The van der Waals surface area contributed by atoms with Crippen LogP contribution in [0.1, 0.15) is 24.3 Å². The van der Waals surface area contributed by atoms with Crippen molar-refractivity contribution >= 4 is 17.4 Å². The predicted octanol–water partition coefficient (Wildman–Crippen LogP) is 4.55. The highest BCUT2D eigenvalue weighted by Gasteiger charge is 2.14. The van der Waals surface area contributed by atoms with E-state index in [2.05, 4.69) is 20.6 Å². The van der Waals surface area contributed by atoms with Crippen LogP contribution in [0.2, 0.25) is 0 Å². The van der Waals surface area contributed by atoms with Crippen molar-refractivity contribution in [2.24, 2.45) is 5.92 Å². The number of carbonyl (C=O) groups is 1. The molecule has 0 atom stereocenters. The molecule has 3 aromatic rings. The minimum atomic E-state index is -0.975. The first kappa shape index (κ1) is 19.4. The minimum Gasteiger partial charge on any atom is -0.350 e. The minimum absolute atomic E-state index is 0.180. The monoisotopic (exact) mass is 382 g/mol. The van der Waals surface area contributed by atoms with E-state index in [1.165, 1.54) is 12.1 Å². The quantitative estimate of drug-likeness (QED) is 0.656. The number of anilines is 2. The molecule has 0 bridgehead atoms. The second-order valence-electron chi connectivity index (χ2n) is 6.69. The van der Waals surface area contributed by atoms with E-state index in [4.69, 9.17) is 0 Å². The second kappa shape index (κ2) is 8.56. The molecule has 1 aromatic heterocycles. The van der Waals surface area contributed by atoms with Gasteiger partial charge in [-0.2, -0.15) is 0 Å². The summed E-state index contributed by atoms with van der Waals surface area (Å²) in [6.07, 6.45) is 0. The van der Waals surface area contributed by atoms with Gasteiger partial charge in [-0.05, 0) is 18.1 Å². The van der Waals surface area contributed by atoms with E-state index in [1.807, 2.05) is 44.2 Å². The summed E-state index contributed by atoms with van der Waals surface area (Å²) >= 11 is 0. The normalized spacial score (nSPS) is 10.8. The fraction of sp³-hybridized carbons (Fsp3) is 0.190.